The van der Waals surface area contributed by atoms with Gasteiger partial charge in [-0.3, -0.25) is 0 Å². The van der Waals surface area contributed by atoms with Gasteiger partial charge in [-0.1, -0.05) is 33.6 Å². The van der Waals surface area contributed by atoms with Crippen molar-refractivity contribution >= 4 is 0 Å². The van der Waals surface area contributed by atoms with Gasteiger partial charge >= 0.3 is 0 Å². The zero-order valence-corrected chi connectivity index (χ0v) is 12.8. The first-order valence-electron chi connectivity index (χ1n) is 8.11. The van der Waals surface area contributed by atoms with Crippen LogP contribution in [0.3, 0.4) is 0 Å². The van der Waals surface area contributed by atoms with Crippen LogP contribution in [0.5, 0.6) is 0 Å². The Bertz CT molecular complexity index is 203. The van der Waals surface area contributed by atoms with Gasteiger partial charge in [0.1, 0.15) is 0 Å². The van der Waals surface area contributed by atoms with Gasteiger partial charge in [0.05, 0.1) is 0 Å². The molecule has 1 aliphatic rings. The van der Waals surface area contributed by atoms with E-state index in [1.807, 2.05) is 0 Å². The van der Waals surface area contributed by atoms with Gasteiger partial charge in [-0.2, -0.15) is 0 Å². The van der Waals surface area contributed by atoms with Crippen LogP contribution in [0, 0.1) is 11.8 Å². The van der Waals surface area contributed by atoms with Crippen molar-refractivity contribution in [2.45, 2.75) is 71.8 Å². The highest BCUT2D eigenvalue weighted by atomic mass is 15.1. The molecule has 2 heteroatoms. The van der Waals surface area contributed by atoms with Gasteiger partial charge in [0.25, 0.3) is 0 Å². The fraction of sp³-hybridized carbons (Fsp3) is 1.00. The lowest BCUT2D eigenvalue weighted by Crippen LogP contribution is -2.36. The molecule has 0 amide bonds. The summed E-state index contributed by atoms with van der Waals surface area (Å²) in [5.41, 5.74) is 5.92. The van der Waals surface area contributed by atoms with Gasteiger partial charge < -0.3 is 10.6 Å². The average molecular weight is 254 g/mol. The molecule has 1 fully saturated rings. The summed E-state index contributed by atoms with van der Waals surface area (Å²) in [4.78, 5) is 2.75. The Balaban J connectivity index is 2.37. The molecular weight excluding hydrogens is 220 g/mol. The Labute approximate surface area is 114 Å². The lowest BCUT2D eigenvalue weighted by atomic mass is 9.94. The second kappa shape index (κ2) is 8.92. The number of nitrogens with zero attached hydrogens (tertiary/aromatic N) is 1. The van der Waals surface area contributed by atoms with Crippen LogP contribution < -0.4 is 5.73 Å². The van der Waals surface area contributed by atoms with E-state index < -0.39 is 0 Å². The maximum atomic E-state index is 5.92. The quantitative estimate of drug-likeness (QED) is 0.751. The van der Waals surface area contributed by atoms with E-state index in [2.05, 4.69) is 25.7 Å². The van der Waals surface area contributed by atoms with E-state index in [1.54, 1.807) is 0 Å². The van der Waals surface area contributed by atoms with Crippen LogP contribution in [-0.2, 0) is 0 Å². The second-order valence-electron chi connectivity index (χ2n) is 6.47. The summed E-state index contributed by atoms with van der Waals surface area (Å²) in [6.07, 6.45) is 9.58. The van der Waals surface area contributed by atoms with Crippen LogP contribution in [-0.4, -0.2) is 30.6 Å². The van der Waals surface area contributed by atoms with Crippen molar-refractivity contribution < 1.29 is 0 Å². The molecule has 0 spiro atoms. The third kappa shape index (κ3) is 5.71. The molecule has 0 aromatic carbocycles. The van der Waals surface area contributed by atoms with E-state index >= 15 is 0 Å². The summed E-state index contributed by atoms with van der Waals surface area (Å²) >= 11 is 0. The molecule has 0 saturated carbocycles. The molecule has 0 aromatic rings. The van der Waals surface area contributed by atoms with Crippen molar-refractivity contribution in [1.29, 1.82) is 0 Å². The summed E-state index contributed by atoms with van der Waals surface area (Å²) < 4.78 is 0. The van der Waals surface area contributed by atoms with E-state index in [1.165, 1.54) is 58.0 Å². The molecule has 2 N–H and O–H groups in total. The Morgan fingerprint density at radius 2 is 2.00 bits per heavy atom. The van der Waals surface area contributed by atoms with Gasteiger partial charge in [0, 0.05) is 6.04 Å². The molecule has 108 valence electrons. The van der Waals surface area contributed by atoms with E-state index in [0.29, 0.717) is 0 Å². The molecule has 0 radical (unpaired) electrons. The third-order valence-electron chi connectivity index (χ3n) is 4.43. The molecule has 0 aromatic heterocycles. The smallest absolute Gasteiger partial charge is 0.00926 e. The van der Waals surface area contributed by atoms with Gasteiger partial charge in [-0.15, -0.1) is 0 Å². The second-order valence-corrected chi connectivity index (χ2v) is 6.47. The molecule has 2 unspecified atom stereocenters. The van der Waals surface area contributed by atoms with E-state index in [4.69, 9.17) is 5.73 Å². The minimum atomic E-state index is 0.728. The highest BCUT2D eigenvalue weighted by Gasteiger charge is 2.20. The van der Waals surface area contributed by atoms with Crippen LogP contribution in [0.15, 0.2) is 0 Å². The van der Waals surface area contributed by atoms with Crippen molar-refractivity contribution in [2.24, 2.45) is 17.6 Å². The monoisotopic (exact) mass is 254 g/mol. The van der Waals surface area contributed by atoms with Crippen molar-refractivity contribution in [3.8, 4) is 0 Å². The summed E-state index contributed by atoms with van der Waals surface area (Å²) in [5, 5.41) is 0. The minimum absolute atomic E-state index is 0.728. The Morgan fingerprint density at radius 1 is 1.22 bits per heavy atom. The van der Waals surface area contributed by atoms with Crippen LogP contribution in [0.2, 0.25) is 0 Å². The number of rotatable bonds is 7. The standard InChI is InChI=1S/C16H34N2/c1-4-16-8-6-5-7-10-18(16)11-9-15(13-17)12-14(2)3/h14-16H,4-13,17H2,1-3H3. The molecule has 0 aliphatic carbocycles. The zero-order chi connectivity index (χ0) is 13.4. The normalized spacial score (nSPS) is 24.2. The molecule has 1 aliphatic heterocycles. The first-order chi connectivity index (χ1) is 8.67. The Morgan fingerprint density at radius 3 is 2.61 bits per heavy atom. The molecule has 1 heterocycles. The molecular formula is C16H34N2. The van der Waals surface area contributed by atoms with Crippen LogP contribution in [0.25, 0.3) is 0 Å². The molecule has 0 bridgehead atoms. The predicted molar refractivity (Wildman–Crippen MR) is 80.7 cm³/mol. The molecule has 1 rings (SSSR count). The van der Waals surface area contributed by atoms with Crippen LogP contribution >= 0.6 is 0 Å². The maximum Gasteiger partial charge on any atom is 0.00926 e. The number of hydrogen-bond acceptors (Lipinski definition) is 2. The average Bonchev–Trinajstić information content (AvgIpc) is 2.58. The Kier molecular flexibility index (Phi) is 7.92. The first-order valence-corrected chi connectivity index (χ1v) is 8.11. The van der Waals surface area contributed by atoms with Gasteiger partial charge in [-0.25, -0.2) is 0 Å². The van der Waals surface area contributed by atoms with Crippen molar-refractivity contribution in [3.63, 3.8) is 0 Å². The predicted octanol–water partition coefficient (Wildman–Crippen LogP) is 3.65. The maximum absolute atomic E-state index is 5.92. The Hall–Kier alpha value is -0.0800. The van der Waals surface area contributed by atoms with Crippen molar-refractivity contribution in [1.82, 2.24) is 4.90 Å². The number of nitrogens with two attached hydrogens (primary N) is 1. The van der Waals surface area contributed by atoms with E-state index in [-0.39, 0.29) is 0 Å². The topological polar surface area (TPSA) is 29.3 Å². The third-order valence-corrected chi connectivity index (χ3v) is 4.43. The molecule has 18 heavy (non-hydrogen) atoms. The van der Waals surface area contributed by atoms with Crippen LogP contribution in [0.4, 0.5) is 0 Å². The largest absolute Gasteiger partial charge is 0.330 e. The van der Waals surface area contributed by atoms with Gasteiger partial charge in [-0.05, 0) is 63.6 Å². The fourth-order valence-electron chi connectivity index (χ4n) is 3.34. The lowest BCUT2D eigenvalue weighted by molar-refractivity contribution is 0.178. The summed E-state index contributed by atoms with van der Waals surface area (Å²) in [6.45, 7) is 10.4. The van der Waals surface area contributed by atoms with Crippen molar-refractivity contribution in [3.05, 3.63) is 0 Å². The summed E-state index contributed by atoms with van der Waals surface area (Å²) in [6, 6.07) is 0.838. The van der Waals surface area contributed by atoms with Crippen LogP contribution in [0.1, 0.15) is 65.7 Å². The molecule has 1 saturated heterocycles. The van der Waals surface area contributed by atoms with Gasteiger partial charge in [0.15, 0.2) is 0 Å². The zero-order valence-electron chi connectivity index (χ0n) is 12.8. The van der Waals surface area contributed by atoms with E-state index in [9.17, 15) is 0 Å². The fourth-order valence-corrected chi connectivity index (χ4v) is 3.34. The number of likely N-dealkylation sites (tertiary alicyclic amines) is 1. The lowest BCUT2D eigenvalue weighted by Gasteiger charge is -2.30. The van der Waals surface area contributed by atoms with Crippen molar-refractivity contribution in [2.75, 3.05) is 19.6 Å². The highest BCUT2D eigenvalue weighted by molar-refractivity contribution is 4.75. The highest BCUT2D eigenvalue weighted by Crippen LogP contribution is 2.21. The minimum Gasteiger partial charge on any atom is -0.330 e. The SMILES string of the molecule is CCC1CCCCCN1CCC(CN)CC(C)C. The molecule has 2 nitrogen and oxygen atoms in total. The van der Waals surface area contributed by atoms with Gasteiger partial charge in [0.2, 0.25) is 0 Å². The number of hydrogen-bond donors (Lipinski definition) is 1. The van der Waals surface area contributed by atoms with E-state index in [0.717, 1.165) is 24.4 Å². The summed E-state index contributed by atoms with van der Waals surface area (Å²) in [7, 11) is 0. The molecule has 2 atom stereocenters. The first kappa shape index (κ1) is 16.0. The summed E-state index contributed by atoms with van der Waals surface area (Å²) in [5.74, 6) is 1.51.